The van der Waals surface area contributed by atoms with Crippen LogP contribution in [0.15, 0.2) is 40.9 Å². The van der Waals surface area contributed by atoms with E-state index >= 15 is 0 Å². The van der Waals surface area contributed by atoms with Crippen LogP contribution in [-0.2, 0) is 0 Å². The molecule has 3 aromatic rings. The third-order valence-electron chi connectivity index (χ3n) is 2.79. The normalized spacial score (nSPS) is 11.1. The van der Waals surface area contributed by atoms with Crippen LogP contribution in [0, 0.1) is 11.6 Å². The highest BCUT2D eigenvalue weighted by molar-refractivity contribution is 9.10. The molecule has 0 aliphatic carbocycles. The Labute approximate surface area is 115 Å². The average molecular weight is 324 g/mol. The second-order valence-electron chi connectivity index (χ2n) is 4.03. The molecule has 0 aliphatic heterocycles. The predicted molar refractivity (Wildman–Crippen MR) is 73.1 cm³/mol. The lowest BCUT2D eigenvalue weighted by Gasteiger charge is -2.08. The highest BCUT2D eigenvalue weighted by atomic mass is 79.9. The fourth-order valence-corrected chi connectivity index (χ4v) is 2.32. The minimum Gasteiger partial charge on any atom is -0.369 e. The van der Waals surface area contributed by atoms with Gasteiger partial charge in [-0.05, 0) is 30.3 Å². The van der Waals surface area contributed by atoms with Gasteiger partial charge in [0.05, 0.1) is 16.7 Å². The molecule has 0 radical (unpaired) electrons. The van der Waals surface area contributed by atoms with Crippen LogP contribution in [0.3, 0.4) is 0 Å². The second kappa shape index (κ2) is 4.31. The number of nitrogen functional groups attached to an aromatic ring is 1. The first-order chi connectivity index (χ1) is 9.06. The third-order valence-corrected chi connectivity index (χ3v) is 3.29. The Morgan fingerprint density at radius 1 is 1.11 bits per heavy atom. The standard InChI is InChI=1S/C13H8BrF2N3/c14-7-1-3-11(9(16)5-7)19-12-4-2-8(15)6-10(12)18-13(19)17/h1-6H,(H2,17,18). The fourth-order valence-electron chi connectivity index (χ4n) is 1.99. The van der Waals surface area contributed by atoms with Gasteiger partial charge in [0.25, 0.3) is 0 Å². The summed E-state index contributed by atoms with van der Waals surface area (Å²) in [6, 6.07) is 8.70. The van der Waals surface area contributed by atoms with Gasteiger partial charge >= 0.3 is 0 Å². The third kappa shape index (κ3) is 1.98. The number of nitrogens with two attached hydrogens (primary N) is 1. The first-order valence-electron chi connectivity index (χ1n) is 5.45. The molecule has 3 rings (SSSR count). The molecule has 0 unspecified atom stereocenters. The molecule has 0 aliphatic rings. The van der Waals surface area contributed by atoms with Gasteiger partial charge < -0.3 is 5.73 Å². The summed E-state index contributed by atoms with van der Waals surface area (Å²) in [7, 11) is 0. The van der Waals surface area contributed by atoms with Crippen molar-refractivity contribution >= 4 is 32.9 Å². The van der Waals surface area contributed by atoms with Crippen molar-refractivity contribution in [2.24, 2.45) is 0 Å². The molecule has 19 heavy (non-hydrogen) atoms. The number of rotatable bonds is 1. The molecule has 0 atom stereocenters. The minimum atomic E-state index is -0.440. The molecule has 2 N–H and O–H groups in total. The van der Waals surface area contributed by atoms with Gasteiger partial charge in [0.15, 0.2) is 0 Å². The summed E-state index contributed by atoms with van der Waals surface area (Å²) in [4.78, 5) is 4.04. The Morgan fingerprint density at radius 2 is 1.89 bits per heavy atom. The van der Waals surface area contributed by atoms with Crippen LogP contribution in [0.2, 0.25) is 0 Å². The fraction of sp³-hybridized carbons (Fsp3) is 0. The van der Waals surface area contributed by atoms with Crippen molar-refractivity contribution in [2.45, 2.75) is 0 Å². The van der Waals surface area contributed by atoms with Crippen LogP contribution in [0.4, 0.5) is 14.7 Å². The maximum atomic E-state index is 14.0. The molecule has 0 saturated carbocycles. The molecule has 0 fully saturated rings. The monoisotopic (exact) mass is 323 g/mol. The molecule has 0 spiro atoms. The maximum Gasteiger partial charge on any atom is 0.206 e. The molecular formula is C13H8BrF2N3. The average Bonchev–Trinajstić information content (AvgIpc) is 2.65. The number of fused-ring (bicyclic) bond motifs is 1. The lowest BCUT2D eigenvalue weighted by atomic mass is 10.2. The molecule has 2 aromatic carbocycles. The summed E-state index contributed by atoms with van der Waals surface area (Å²) in [5.41, 5.74) is 7.01. The van der Waals surface area contributed by atoms with Gasteiger partial charge in [0.2, 0.25) is 5.95 Å². The topological polar surface area (TPSA) is 43.8 Å². The van der Waals surface area contributed by atoms with Gasteiger partial charge in [-0.25, -0.2) is 13.8 Å². The molecule has 1 heterocycles. The van der Waals surface area contributed by atoms with Crippen molar-refractivity contribution in [1.29, 1.82) is 0 Å². The van der Waals surface area contributed by atoms with Crippen molar-refractivity contribution in [3.05, 3.63) is 52.5 Å². The van der Waals surface area contributed by atoms with E-state index in [2.05, 4.69) is 20.9 Å². The van der Waals surface area contributed by atoms with Crippen LogP contribution in [0.1, 0.15) is 0 Å². The first kappa shape index (κ1) is 12.1. The van der Waals surface area contributed by atoms with E-state index < -0.39 is 11.6 Å². The zero-order chi connectivity index (χ0) is 13.6. The number of imidazole rings is 1. The molecule has 3 nitrogen and oxygen atoms in total. The van der Waals surface area contributed by atoms with E-state index in [1.54, 1.807) is 12.1 Å². The Balaban J connectivity index is 2.33. The van der Waals surface area contributed by atoms with Crippen LogP contribution in [0.5, 0.6) is 0 Å². The Bertz CT molecular complexity index is 783. The molecule has 0 amide bonds. The highest BCUT2D eigenvalue weighted by Gasteiger charge is 2.14. The summed E-state index contributed by atoms with van der Waals surface area (Å²) in [6.45, 7) is 0. The number of nitrogens with zero attached hydrogens (tertiary/aromatic N) is 2. The van der Waals surface area contributed by atoms with E-state index in [4.69, 9.17) is 5.73 Å². The van der Waals surface area contributed by atoms with Crippen molar-refractivity contribution < 1.29 is 8.78 Å². The second-order valence-corrected chi connectivity index (χ2v) is 4.95. The summed E-state index contributed by atoms with van der Waals surface area (Å²) < 4.78 is 29.2. The number of aromatic nitrogens is 2. The smallest absolute Gasteiger partial charge is 0.206 e. The predicted octanol–water partition coefficient (Wildman–Crippen LogP) is 3.65. The van der Waals surface area contributed by atoms with Crippen LogP contribution in [0.25, 0.3) is 16.7 Å². The van der Waals surface area contributed by atoms with E-state index in [0.29, 0.717) is 15.5 Å². The number of halogens is 3. The first-order valence-corrected chi connectivity index (χ1v) is 6.24. The van der Waals surface area contributed by atoms with Gasteiger partial charge in [0.1, 0.15) is 11.6 Å². The maximum absolute atomic E-state index is 14.0. The van der Waals surface area contributed by atoms with Crippen LogP contribution < -0.4 is 5.73 Å². The molecule has 96 valence electrons. The number of benzene rings is 2. The van der Waals surface area contributed by atoms with Crippen LogP contribution in [-0.4, -0.2) is 9.55 Å². The summed E-state index contributed by atoms with van der Waals surface area (Å²) in [6.07, 6.45) is 0. The van der Waals surface area contributed by atoms with Gasteiger partial charge in [-0.15, -0.1) is 0 Å². The van der Waals surface area contributed by atoms with Gasteiger partial charge in [-0.2, -0.15) is 0 Å². The van der Waals surface area contributed by atoms with Crippen molar-refractivity contribution in [3.63, 3.8) is 0 Å². The number of hydrogen-bond acceptors (Lipinski definition) is 2. The minimum absolute atomic E-state index is 0.113. The molecule has 0 bridgehead atoms. The lowest BCUT2D eigenvalue weighted by Crippen LogP contribution is -2.02. The van der Waals surface area contributed by atoms with Gasteiger partial charge in [-0.1, -0.05) is 15.9 Å². The van der Waals surface area contributed by atoms with E-state index in [0.717, 1.165) is 0 Å². The quantitative estimate of drug-likeness (QED) is 0.742. The summed E-state index contributed by atoms with van der Waals surface area (Å²) in [5.74, 6) is -0.736. The number of hydrogen-bond donors (Lipinski definition) is 1. The molecular weight excluding hydrogens is 316 g/mol. The Kier molecular flexibility index (Phi) is 2.74. The van der Waals surface area contributed by atoms with Crippen molar-refractivity contribution in [3.8, 4) is 5.69 Å². The molecule has 0 saturated heterocycles. The summed E-state index contributed by atoms with van der Waals surface area (Å²) in [5, 5.41) is 0. The Hall–Kier alpha value is -1.95. The SMILES string of the molecule is Nc1nc2cc(F)ccc2n1-c1ccc(Br)cc1F. The largest absolute Gasteiger partial charge is 0.369 e. The summed E-state index contributed by atoms with van der Waals surface area (Å²) >= 11 is 3.19. The van der Waals surface area contributed by atoms with Crippen molar-refractivity contribution in [2.75, 3.05) is 5.73 Å². The number of anilines is 1. The zero-order valence-electron chi connectivity index (χ0n) is 9.57. The molecule has 6 heteroatoms. The van der Waals surface area contributed by atoms with Gasteiger partial charge in [-0.3, -0.25) is 4.57 Å². The zero-order valence-corrected chi connectivity index (χ0v) is 11.2. The van der Waals surface area contributed by atoms with E-state index in [1.807, 2.05) is 0 Å². The van der Waals surface area contributed by atoms with Crippen molar-refractivity contribution in [1.82, 2.24) is 9.55 Å². The van der Waals surface area contributed by atoms with E-state index in [-0.39, 0.29) is 11.6 Å². The van der Waals surface area contributed by atoms with E-state index in [1.165, 1.54) is 28.8 Å². The van der Waals surface area contributed by atoms with E-state index in [9.17, 15) is 8.78 Å². The Morgan fingerprint density at radius 3 is 2.63 bits per heavy atom. The lowest BCUT2D eigenvalue weighted by molar-refractivity contribution is 0.619. The van der Waals surface area contributed by atoms with Gasteiger partial charge in [0, 0.05) is 10.5 Å². The highest BCUT2D eigenvalue weighted by Crippen LogP contribution is 2.26. The van der Waals surface area contributed by atoms with Crippen LogP contribution >= 0.6 is 15.9 Å². The molecule has 1 aromatic heterocycles.